The van der Waals surface area contributed by atoms with Gasteiger partial charge in [0.05, 0.1) is 5.69 Å². The van der Waals surface area contributed by atoms with Crippen molar-refractivity contribution in [3.63, 3.8) is 0 Å². The number of H-pyrrole nitrogens is 1. The number of halogens is 4. The summed E-state index contributed by atoms with van der Waals surface area (Å²) in [5.74, 6) is 0. The highest BCUT2D eigenvalue weighted by atomic mass is 35.5. The lowest BCUT2D eigenvalue weighted by atomic mass is 10.4. The van der Waals surface area contributed by atoms with Crippen LogP contribution in [-0.2, 0) is 0 Å². The molecule has 0 aliphatic carbocycles. The summed E-state index contributed by atoms with van der Waals surface area (Å²) in [7, 11) is 0. The Balaban J connectivity index is 2.82. The first kappa shape index (κ1) is 8.74. The van der Waals surface area contributed by atoms with E-state index in [0.717, 1.165) is 6.07 Å². The van der Waals surface area contributed by atoms with E-state index < -0.39 is 11.3 Å². The van der Waals surface area contributed by atoms with Crippen molar-refractivity contribution in [3.05, 3.63) is 17.5 Å². The fraction of sp³-hybridized carbons (Fsp3) is 0.400. The number of alkyl halides is 4. The smallest absolute Gasteiger partial charge is 0.279 e. The Bertz CT molecular complexity index is 214. The van der Waals surface area contributed by atoms with Gasteiger partial charge in [-0.3, -0.25) is 5.10 Å². The van der Waals surface area contributed by atoms with Crippen LogP contribution in [0.25, 0.3) is 0 Å². The van der Waals surface area contributed by atoms with Crippen molar-refractivity contribution >= 4 is 23.2 Å². The highest BCUT2D eigenvalue weighted by Crippen LogP contribution is 2.25. The van der Waals surface area contributed by atoms with Crippen LogP contribution in [0.5, 0.6) is 0 Å². The Morgan fingerprint density at radius 1 is 1.45 bits per heavy atom. The quantitative estimate of drug-likeness (QED) is 0.732. The van der Waals surface area contributed by atoms with Crippen LogP contribution in [0.1, 0.15) is 22.6 Å². The summed E-state index contributed by atoms with van der Waals surface area (Å²) in [5.41, 5.74) is -0.0602. The summed E-state index contributed by atoms with van der Waals surface area (Å²) in [6.45, 7) is 0. The van der Waals surface area contributed by atoms with Gasteiger partial charge in [-0.1, -0.05) is 23.2 Å². The molecule has 0 saturated heterocycles. The number of rotatable bonds is 2. The van der Waals surface area contributed by atoms with Crippen molar-refractivity contribution in [1.82, 2.24) is 10.2 Å². The summed E-state index contributed by atoms with van der Waals surface area (Å²) >= 11 is 10.7. The Labute approximate surface area is 71.5 Å². The van der Waals surface area contributed by atoms with Crippen molar-refractivity contribution in [2.45, 2.75) is 11.3 Å². The van der Waals surface area contributed by atoms with Gasteiger partial charge in [-0.15, -0.1) is 0 Å². The molecule has 0 radical (unpaired) electrons. The standard InChI is InChI=1S/C5H4Cl2F2N2/c6-4(7)2-1-3(5(8)9)11-10-2/h1,4-5H,(H,10,11). The average molecular weight is 201 g/mol. The predicted molar refractivity (Wildman–Crippen MR) is 38.0 cm³/mol. The maximum absolute atomic E-state index is 11.9. The van der Waals surface area contributed by atoms with Gasteiger partial charge in [0.2, 0.25) is 0 Å². The zero-order valence-electron chi connectivity index (χ0n) is 5.19. The molecule has 62 valence electrons. The molecule has 0 unspecified atom stereocenters. The molecular formula is C5H4Cl2F2N2. The van der Waals surface area contributed by atoms with Gasteiger partial charge < -0.3 is 0 Å². The summed E-state index contributed by atoms with van der Waals surface area (Å²) < 4.78 is 23.8. The minimum Gasteiger partial charge on any atom is -0.279 e. The second kappa shape index (κ2) is 3.36. The van der Waals surface area contributed by atoms with Gasteiger partial charge in [0.25, 0.3) is 6.43 Å². The third-order valence-corrected chi connectivity index (χ3v) is 1.55. The molecule has 1 rings (SSSR count). The maximum Gasteiger partial charge on any atom is 0.282 e. The van der Waals surface area contributed by atoms with Crippen LogP contribution in [-0.4, -0.2) is 10.2 Å². The lowest BCUT2D eigenvalue weighted by Crippen LogP contribution is -1.81. The molecule has 1 heterocycles. The van der Waals surface area contributed by atoms with Crippen molar-refractivity contribution in [1.29, 1.82) is 0 Å². The van der Waals surface area contributed by atoms with E-state index in [1.54, 1.807) is 0 Å². The second-order valence-electron chi connectivity index (χ2n) is 1.85. The van der Waals surface area contributed by atoms with Crippen LogP contribution in [0, 0.1) is 0 Å². The zero-order valence-corrected chi connectivity index (χ0v) is 6.70. The van der Waals surface area contributed by atoms with E-state index in [-0.39, 0.29) is 11.4 Å². The fourth-order valence-electron chi connectivity index (χ4n) is 0.577. The van der Waals surface area contributed by atoms with E-state index >= 15 is 0 Å². The van der Waals surface area contributed by atoms with Crippen LogP contribution >= 0.6 is 23.2 Å². The molecule has 2 nitrogen and oxygen atoms in total. The van der Waals surface area contributed by atoms with Crippen molar-refractivity contribution in [2.24, 2.45) is 0 Å². The molecule has 0 aromatic carbocycles. The van der Waals surface area contributed by atoms with E-state index in [0.29, 0.717) is 0 Å². The van der Waals surface area contributed by atoms with Gasteiger partial charge in [-0.25, -0.2) is 8.78 Å². The van der Waals surface area contributed by atoms with E-state index in [2.05, 4.69) is 10.2 Å². The van der Waals surface area contributed by atoms with Crippen molar-refractivity contribution in [3.8, 4) is 0 Å². The van der Waals surface area contributed by atoms with Crippen LogP contribution in [0.4, 0.5) is 8.78 Å². The monoisotopic (exact) mass is 200 g/mol. The highest BCUT2D eigenvalue weighted by Gasteiger charge is 2.14. The number of hydrogen-bond donors (Lipinski definition) is 1. The summed E-state index contributed by atoms with van der Waals surface area (Å²) in [6, 6.07) is 1.13. The lowest BCUT2D eigenvalue weighted by Gasteiger charge is -1.91. The first-order chi connectivity index (χ1) is 5.11. The van der Waals surface area contributed by atoms with Gasteiger partial charge in [0, 0.05) is 0 Å². The predicted octanol–water partition coefficient (Wildman–Crippen LogP) is 2.82. The van der Waals surface area contributed by atoms with Crippen LogP contribution in [0.15, 0.2) is 6.07 Å². The third-order valence-electron chi connectivity index (χ3n) is 1.08. The molecular weight excluding hydrogens is 197 g/mol. The van der Waals surface area contributed by atoms with Crippen molar-refractivity contribution < 1.29 is 8.78 Å². The van der Waals surface area contributed by atoms with Crippen LogP contribution in [0.3, 0.4) is 0 Å². The normalized spacial score (nSPS) is 11.5. The Kier molecular flexibility index (Phi) is 2.67. The maximum atomic E-state index is 11.9. The molecule has 0 bridgehead atoms. The molecule has 11 heavy (non-hydrogen) atoms. The molecule has 0 saturated carbocycles. The molecule has 0 atom stereocenters. The SMILES string of the molecule is FC(F)c1cc(C(Cl)Cl)[nH]n1. The Morgan fingerprint density at radius 3 is 2.36 bits per heavy atom. The summed E-state index contributed by atoms with van der Waals surface area (Å²) in [5, 5.41) is 5.59. The largest absolute Gasteiger partial charge is 0.282 e. The number of aromatic amines is 1. The third kappa shape index (κ3) is 2.04. The minimum absolute atomic E-state index is 0.281. The number of nitrogens with zero attached hydrogens (tertiary/aromatic N) is 1. The van der Waals surface area contributed by atoms with Gasteiger partial charge in [-0.05, 0) is 6.07 Å². The topological polar surface area (TPSA) is 28.7 Å². The van der Waals surface area contributed by atoms with Gasteiger partial charge in [-0.2, -0.15) is 5.10 Å². The highest BCUT2D eigenvalue weighted by molar-refractivity contribution is 6.43. The van der Waals surface area contributed by atoms with Gasteiger partial charge >= 0.3 is 0 Å². The summed E-state index contributed by atoms with van der Waals surface area (Å²) in [4.78, 5) is -0.838. The first-order valence-corrected chi connectivity index (χ1v) is 3.60. The zero-order chi connectivity index (χ0) is 8.43. The number of hydrogen-bond acceptors (Lipinski definition) is 1. The molecule has 1 aromatic heterocycles. The van der Waals surface area contributed by atoms with E-state index in [9.17, 15) is 8.78 Å². The molecule has 0 aliphatic heterocycles. The van der Waals surface area contributed by atoms with E-state index in [1.165, 1.54) is 0 Å². The lowest BCUT2D eigenvalue weighted by molar-refractivity contribution is 0.146. The van der Waals surface area contributed by atoms with Crippen molar-refractivity contribution in [2.75, 3.05) is 0 Å². The fourth-order valence-corrected chi connectivity index (χ4v) is 0.800. The second-order valence-corrected chi connectivity index (χ2v) is 2.95. The minimum atomic E-state index is -2.59. The molecule has 0 aliphatic rings. The molecule has 1 N–H and O–H groups in total. The van der Waals surface area contributed by atoms with E-state index in [1.807, 2.05) is 0 Å². The molecule has 6 heteroatoms. The average Bonchev–Trinajstić information content (AvgIpc) is 2.33. The Hall–Kier alpha value is -0.350. The van der Waals surface area contributed by atoms with E-state index in [4.69, 9.17) is 23.2 Å². The number of nitrogens with one attached hydrogen (secondary N) is 1. The van der Waals surface area contributed by atoms with Gasteiger partial charge in [0.1, 0.15) is 10.5 Å². The first-order valence-electron chi connectivity index (χ1n) is 2.72. The molecule has 0 amide bonds. The Morgan fingerprint density at radius 2 is 2.09 bits per heavy atom. The number of aromatic nitrogens is 2. The summed E-state index contributed by atoms with van der Waals surface area (Å²) in [6.07, 6.45) is -2.59. The van der Waals surface area contributed by atoms with Crippen LogP contribution < -0.4 is 0 Å². The molecule has 0 spiro atoms. The molecule has 1 aromatic rings. The van der Waals surface area contributed by atoms with Gasteiger partial charge in [0.15, 0.2) is 0 Å². The molecule has 0 fully saturated rings. The van der Waals surface area contributed by atoms with Crippen LogP contribution in [0.2, 0.25) is 0 Å².